The standard InChI is InChI=1S/C16H20N10O3/c17-14(18)22-21-13(28)9-6-7-11(12(27)8-9)25-26(10-4-2-1-3-5-10)16(29)24-23-15(19)20/h1-8,25,27H,(H,21,28)(H,24,29)(H4,17,18,22)(H4,19,20,23). The number of hydrogen-bond acceptors (Lipinski definition) is 6. The Balaban J connectivity index is 2.26. The fourth-order valence-electron chi connectivity index (χ4n) is 2.04. The summed E-state index contributed by atoms with van der Waals surface area (Å²) in [6.45, 7) is 0. The minimum atomic E-state index is -0.737. The first-order valence-corrected chi connectivity index (χ1v) is 8.00. The number of phenolic OH excluding ortho intramolecular Hbond substituents is 1. The fraction of sp³-hybridized carbons (Fsp3) is 0. The molecule has 0 fully saturated rings. The Hall–Kier alpha value is -4.68. The molecule has 0 aliphatic carbocycles. The second-order valence-corrected chi connectivity index (χ2v) is 5.45. The van der Waals surface area contributed by atoms with Crippen molar-refractivity contribution >= 4 is 35.2 Å². The highest BCUT2D eigenvalue weighted by atomic mass is 16.3. The molecule has 2 rings (SSSR count). The van der Waals surface area contributed by atoms with Gasteiger partial charge in [-0.15, -0.1) is 10.2 Å². The Bertz CT molecular complexity index is 937. The van der Waals surface area contributed by atoms with E-state index in [1.165, 1.54) is 12.1 Å². The molecule has 2 aromatic rings. The van der Waals surface area contributed by atoms with Crippen molar-refractivity contribution in [3.05, 3.63) is 54.1 Å². The molecule has 0 heterocycles. The minimum Gasteiger partial charge on any atom is -0.506 e. The van der Waals surface area contributed by atoms with Crippen molar-refractivity contribution in [2.45, 2.75) is 0 Å². The van der Waals surface area contributed by atoms with Gasteiger partial charge < -0.3 is 28.0 Å². The molecule has 152 valence electrons. The molecule has 0 spiro atoms. The van der Waals surface area contributed by atoms with E-state index in [1.54, 1.807) is 30.3 Å². The summed E-state index contributed by atoms with van der Waals surface area (Å²) in [5.74, 6) is -1.64. The lowest BCUT2D eigenvalue weighted by Crippen LogP contribution is -2.43. The summed E-state index contributed by atoms with van der Waals surface area (Å²) in [6.07, 6.45) is 0. The van der Waals surface area contributed by atoms with Crippen molar-refractivity contribution in [1.82, 2.24) is 10.9 Å². The van der Waals surface area contributed by atoms with Gasteiger partial charge in [0.2, 0.25) is 11.9 Å². The number of carbonyl (C=O) groups excluding carboxylic acids is 2. The molecule has 0 radical (unpaired) electrons. The fourth-order valence-corrected chi connectivity index (χ4v) is 2.04. The average Bonchev–Trinajstić information content (AvgIpc) is 2.69. The maximum Gasteiger partial charge on any atom is 0.361 e. The van der Waals surface area contributed by atoms with Crippen LogP contribution in [0.2, 0.25) is 0 Å². The van der Waals surface area contributed by atoms with E-state index in [0.29, 0.717) is 5.69 Å². The summed E-state index contributed by atoms with van der Waals surface area (Å²) in [5, 5.41) is 18.1. The summed E-state index contributed by atoms with van der Waals surface area (Å²) in [5.41, 5.74) is 28.3. The molecule has 0 aliphatic heterocycles. The van der Waals surface area contributed by atoms with Gasteiger partial charge in [0, 0.05) is 5.56 Å². The number of nitrogens with two attached hydrogens (primary N) is 4. The number of carbonyl (C=O) groups is 2. The monoisotopic (exact) mass is 400 g/mol. The van der Waals surface area contributed by atoms with Crippen LogP contribution < -0.4 is 44.2 Å². The van der Waals surface area contributed by atoms with E-state index >= 15 is 0 Å². The highest BCUT2D eigenvalue weighted by molar-refractivity contribution is 5.97. The Morgan fingerprint density at radius 1 is 0.897 bits per heavy atom. The van der Waals surface area contributed by atoms with E-state index in [2.05, 4.69) is 26.5 Å². The number of urea groups is 1. The molecule has 13 nitrogen and oxygen atoms in total. The van der Waals surface area contributed by atoms with Gasteiger partial charge in [-0.25, -0.2) is 20.7 Å². The molecule has 12 N–H and O–H groups in total. The first-order chi connectivity index (χ1) is 13.8. The van der Waals surface area contributed by atoms with Crippen LogP contribution in [-0.2, 0) is 0 Å². The molecule has 3 amide bonds. The van der Waals surface area contributed by atoms with Crippen molar-refractivity contribution in [3.8, 4) is 5.75 Å². The van der Waals surface area contributed by atoms with Crippen molar-refractivity contribution < 1.29 is 14.7 Å². The van der Waals surface area contributed by atoms with E-state index in [1.807, 2.05) is 0 Å². The van der Waals surface area contributed by atoms with Gasteiger partial charge in [-0.1, -0.05) is 18.2 Å². The van der Waals surface area contributed by atoms with E-state index < -0.39 is 11.9 Å². The van der Waals surface area contributed by atoms with Gasteiger partial charge >= 0.3 is 6.03 Å². The highest BCUT2D eigenvalue weighted by Crippen LogP contribution is 2.26. The second kappa shape index (κ2) is 9.31. The Labute approximate surface area is 165 Å². The Morgan fingerprint density at radius 3 is 2.10 bits per heavy atom. The summed E-state index contributed by atoms with van der Waals surface area (Å²) < 4.78 is 0. The number of nitrogens with zero attached hydrogens (tertiary/aromatic N) is 3. The predicted octanol–water partition coefficient (Wildman–Crippen LogP) is -0.958. The third kappa shape index (κ3) is 5.92. The summed E-state index contributed by atoms with van der Waals surface area (Å²) in [6, 6.07) is 11.6. The van der Waals surface area contributed by atoms with Gasteiger partial charge in [0.25, 0.3) is 5.91 Å². The highest BCUT2D eigenvalue weighted by Gasteiger charge is 2.18. The van der Waals surface area contributed by atoms with Crippen LogP contribution in [0.5, 0.6) is 5.75 Å². The number of nitrogens with one attached hydrogen (secondary N) is 3. The lowest BCUT2D eigenvalue weighted by atomic mass is 10.2. The van der Waals surface area contributed by atoms with Gasteiger partial charge in [-0.2, -0.15) is 0 Å². The molecule has 0 saturated heterocycles. The van der Waals surface area contributed by atoms with Crippen molar-refractivity contribution in [2.75, 3.05) is 10.4 Å². The van der Waals surface area contributed by atoms with E-state index in [4.69, 9.17) is 22.9 Å². The number of para-hydroxylation sites is 1. The smallest absolute Gasteiger partial charge is 0.361 e. The normalized spacial score (nSPS) is 9.66. The summed E-state index contributed by atoms with van der Waals surface area (Å²) in [7, 11) is 0. The van der Waals surface area contributed by atoms with E-state index in [-0.39, 0.29) is 28.9 Å². The maximum absolute atomic E-state index is 12.4. The molecule has 29 heavy (non-hydrogen) atoms. The Kier molecular flexibility index (Phi) is 6.62. The SMILES string of the molecule is NC(N)=NNC(=O)c1ccc(NN(C(=O)NN=C(N)N)c2ccccc2)c(O)c1. The van der Waals surface area contributed by atoms with Crippen LogP contribution >= 0.6 is 0 Å². The van der Waals surface area contributed by atoms with Crippen LogP contribution in [0.4, 0.5) is 16.2 Å². The minimum absolute atomic E-state index is 0.0780. The number of amides is 3. The van der Waals surface area contributed by atoms with Gasteiger partial charge in [0.15, 0.2) is 0 Å². The molecular formula is C16H20N10O3. The first-order valence-electron chi connectivity index (χ1n) is 8.00. The second-order valence-electron chi connectivity index (χ2n) is 5.45. The van der Waals surface area contributed by atoms with Crippen LogP contribution in [0.25, 0.3) is 0 Å². The van der Waals surface area contributed by atoms with Gasteiger partial charge in [-0.3, -0.25) is 10.2 Å². The number of rotatable bonds is 6. The van der Waals surface area contributed by atoms with Gasteiger partial charge in [0.1, 0.15) is 5.75 Å². The molecule has 0 bridgehead atoms. The zero-order valence-electron chi connectivity index (χ0n) is 15.0. The maximum atomic E-state index is 12.4. The third-order valence-corrected chi connectivity index (χ3v) is 3.28. The summed E-state index contributed by atoms with van der Waals surface area (Å²) >= 11 is 0. The molecule has 0 saturated carbocycles. The quantitative estimate of drug-likeness (QED) is 0.130. The van der Waals surface area contributed by atoms with Crippen LogP contribution in [0.3, 0.4) is 0 Å². The first kappa shape index (κ1) is 20.6. The van der Waals surface area contributed by atoms with Gasteiger partial charge in [0.05, 0.1) is 11.4 Å². The van der Waals surface area contributed by atoms with E-state index in [9.17, 15) is 14.7 Å². The number of phenols is 1. The number of aromatic hydroxyl groups is 1. The molecule has 0 atom stereocenters. The number of hydrazone groups is 2. The lowest BCUT2D eigenvalue weighted by Gasteiger charge is -2.24. The lowest BCUT2D eigenvalue weighted by molar-refractivity contribution is 0.0954. The topological polar surface area (TPSA) is 223 Å². The van der Waals surface area contributed by atoms with E-state index in [0.717, 1.165) is 11.1 Å². The molecule has 0 unspecified atom stereocenters. The van der Waals surface area contributed by atoms with Gasteiger partial charge in [-0.05, 0) is 30.3 Å². The Morgan fingerprint density at radius 2 is 1.52 bits per heavy atom. The molecule has 0 aliphatic rings. The number of benzene rings is 2. The van der Waals surface area contributed by atoms with Crippen molar-refractivity contribution in [2.24, 2.45) is 33.1 Å². The zero-order chi connectivity index (χ0) is 21.4. The summed E-state index contributed by atoms with van der Waals surface area (Å²) in [4.78, 5) is 24.4. The third-order valence-electron chi connectivity index (χ3n) is 3.28. The number of guanidine groups is 2. The number of anilines is 2. The number of hydrazine groups is 1. The molecule has 13 heteroatoms. The molecular weight excluding hydrogens is 380 g/mol. The number of hydrogen-bond donors (Lipinski definition) is 8. The molecule has 2 aromatic carbocycles. The predicted molar refractivity (Wildman–Crippen MR) is 108 cm³/mol. The molecule has 0 aromatic heterocycles. The average molecular weight is 400 g/mol. The zero-order valence-corrected chi connectivity index (χ0v) is 15.0. The van der Waals surface area contributed by atoms with Crippen LogP contribution in [0.1, 0.15) is 10.4 Å². The van der Waals surface area contributed by atoms with Crippen LogP contribution in [0.15, 0.2) is 58.7 Å². The van der Waals surface area contributed by atoms with Crippen LogP contribution in [-0.4, -0.2) is 29.0 Å². The van der Waals surface area contributed by atoms with Crippen molar-refractivity contribution in [1.29, 1.82) is 0 Å². The van der Waals surface area contributed by atoms with Crippen LogP contribution in [0, 0.1) is 0 Å². The largest absolute Gasteiger partial charge is 0.506 e. The van der Waals surface area contributed by atoms with Crippen molar-refractivity contribution in [3.63, 3.8) is 0 Å².